The topological polar surface area (TPSA) is 49.3 Å². The second-order valence-electron chi connectivity index (χ2n) is 5.69. The van der Waals surface area contributed by atoms with E-state index in [-0.39, 0.29) is 0 Å². The SMILES string of the molecule is CN=C(NCc1ncc(C)s1)NCC1CCCCC1C. The average Bonchev–Trinajstić information content (AvgIpc) is 2.86. The van der Waals surface area contributed by atoms with E-state index in [0.29, 0.717) is 0 Å². The lowest BCUT2D eigenvalue weighted by Crippen LogP contribution is -2.41. The molecule has 20 heavy (non-hydrogen) atoms. The Hall–Kier alpha value is -1.10. The van der Waals surface area contributed by atoms with Gasteiger partial charge in [-0.3, -0.25) is 4.99 Å². The van der Waals surface area contributed by atoms with Gasteiger partial charge in [-0.05, 0) is 25.2 Å². The van der Waals surface area contributed by atoms with Crippen LogP contribution in [0, 0.1) is 18.8 Å². The Balaban J connectivity index is 1.75. The standard InChI is InChI=1S/C15H26N4S/c1-11-6-4-5-7-13(11)9-18-15(16-3)19-10-14-17-8-12(2)20-14/h8,11,13H,4-7,9-10H2,1-3H3,(H2,16,18,19). The number of aliphatic imine (C=N–C) groups is 1. The highest BCUT2D eigenvalue weighted by Crippen LogP contribution is 2.28. The van der Waals surface area contributed by atoms with E-state index < -0.39 is 0 Å². The fourth-order valence-electron chi connectivity index (χ4n) is 2.79. The van der Waals surface area contributed by atoms with Crippen molar-refractivity contribution in [1.82, 2.24) is 15.6 Å². The van der Waals surface area contributed by atoms with Crippen molar-refractivity contribution >= 4 is 17.3 Å². The molecular formula is C15H26N4S. The average molecular weight is 294 g/mol. The van der Waals surface area contributed by atoms with E-state index in [2.05, 4.69) is 34.5 Å². The number of hydrogen-bond donors (Lipinski definition) is 2. The van der Waals surface area contributed by atoms with Gasteiger partial charge >= 0.3 is 0 Å². The minimum absolute atomic E-state index is 0.748. The summed E-state index contributed by atoms with van der Waals surface area (Å²) in [5.41, 5.74) is 0. The van der Waals surface area contributed by atoms with Crippen LogP contribution in [0.25, 0.3) is 0 Å². The maximum Gasteiger partial charge on any atom is 0.191 e. The molecule has 0 spiro atoms. The van der Waals surface area contributed by atoms with Gasteiger partial charge in [0.15, 0.2) is 5.96 Å². The van der Waals surface area contributed by atoms with Crippen LogP contribution in [0.4, 0.5) is 0 Å². The molecule has 1 heterocycles. The molecule has 2 atom stereocenters. The molecule has 0 bridgehead atoms. The molecule has 1 aromatic heterocycles. The first-order chi connectivity index (χ1) is 9.69. The zero-order chi connectivity index (χ0) is 14.4. The normalized spacial score (nSPS) is 23.6. The molecule has 0 radical (unpaired) electrons. The Morgan fingerprint density at radius 2 is 2.20 bits per heavy atom. The first-order valence-corrected chi connectivity index (χ1v) is 8.36. The van der Waals surface area contributed by atoms with E-state index in [1.807, 2.05) is 13.2 Å². The van der Waals surface area contributed by atoms with Crippen LogP contribution in [-0.2, 0) is 6.54 Å². The monoisotopic (exact) mass is 294 g/mol. The van der Waals surface area contributed by atoms with E-state index in [1.165, 1.54) is 30.6 Å². The van der Waals surface area contributed by atoms with Gasteiger partial charge < -0.3 is 10.6 Å². The van der Waals surface area contributed by atoms with Crippen molar-refractivity contribution in [3.8, 4) is 0 Å². The smallest absolute Gasteiger partial charge is 0.191 e. The molecule has 0 aliphatic heterocycles. The molecular weight excluding hydrogens is 268 g/mol. The Kier molecular flexibility index (Phi) is 5.83. The second-order valence-corrected chi connectivity index (χ2v) is 7.01. The molecule has 0 saturated heterocycles. The number of nitrogens with zero attached hydrogens (tertiary/aromatic N) is 2. The summed E-state index contributed by atoms with van der Waals surface area (Å²) < 4.78 is 0. The molecule has 2 rings (SSSR count). The summed E-state index contributed by atoms with van der Waals surface area (Å²) in [7, 11) is 1.83. The van der Waals surface area contributed by atoms with Gasteiger partial charge in [0, 0.05) is 24.7 Å². The fourth-order valence-corrected chi connectivity index (χ4v) is 3.51. The third kappa shape index (κ3) is 4.47. The molecule has 1 saturated carbocycles. The molecule has 1 aromatic rings. The lowest BCUT2D eigenvalue weighted by atomic mass is 9.80. The number of aromatic nitrogens is 1. The van der Waals surface area contributed by atoms with Crippen LogP contribution >= 0.6 is 11.3 Å². The van der Waals surface area contributed by atoms with Gasteiger partial charge in [-0.15, -0.1) is 11.3 Å². The zero-order valence-electron chi connectivity index (χ0n) is 12.8. The third-order valence-corrected chi connectivity index (χ3v) is 5.03. The van der Waals surface area contributed by atoms with Gasteiger partial charge in [0.2, 0.25) is 0 Å². The van der Waals surface area contributed by atoms with Crippen molar-refractivity contribution in [1.29, 1.82) is 0 Å². The molecule has 0 amide bonds. The summed E-state index contributed by atoms with van der Waals surface area (Å²) in [6.45, 7) is 6.23. The largest absolute Gasteiger partial charge is 0.356 e. The summed E-state index contributed by atoms with van der Waals surface area (Å²) in [5, 5.41) is 7.91. The molecule has 2 unspecified atom stereocenters. The summed E-state index contributed by atoms with van der Waals surface area (Å²) in [6, 6.07) is 0. The van der Waals surface area contributed by atoms with Gasteiger partial charge in [0.1, 0.15) is 5.01 Å². The molecule has 0 aromatic carbocycles. The molecule has 2 N–H and O–H groups in total. The van der Waals surface area contributed by atoms with Crippen molar-refractivity contribution in [2.75, 3.05) is 13.6 Å². The maximum absolute atomic E-state index is 4.36. The van der Waals surface area contributed by atoms with E-state index in [4.69, 9.17) is 0 Å². The van der Waals surface area contributed by atoms with Crippen LogP contribution in [0.1, 0.15) is 42.5 Å². The van der Waals surface area contributed by atoms with Gasteiger partial charge in [-0.25, -0.2) is 4.98 Å². The number of guanidine groups is 1. The highest BCUT2D eigenvalue weighted by atomic mass is 32.1. The molecule has 1 aliphatic carbocycles. The van der Waals surface area contributed by atoms with E-state index in [1.54, 1.807) is 11.3 Å². The highest BCUT2D eigenvalue weighted by Gasteiger charge is 2.21. The van der Waals surface area contributed by atoms with Gasteiger partial charge in [0.05, 0.1) is 6.54 Å². The summed E-state index contributed by atoms with van der Waals surface area (Å²) in [6.07, 6.45) is 7.41. The Bertz CT molecular complexity index is 441. The first-order valence-electron chi connectivity index (χ1n) is 7.55. The Morgan fingerprint density at radius 1 is 1.40 bits per heavy atom. The summed E-state index contributed by atoms with van der Waals surface area (Å²) >= 11 is 1.73. The van der Waals surface area contributed by atoms with Crippen molar-refractivity contribution in [2.45, 2.75) is 46.1 Å². The second kappa shape index (κ2) is 7.62. The summed E-state index contributed by atoms with van der Waals surface area (Å²) in [4.78, 5) is 9.90. The van der Waals surface area contributed by atoms with E-state index in [9.17, 15) is 0 Å². The van der Waals surface area contributed by atoms with Gasteiger partial charge in [0.25, 0.3) is 0 Å². The van der Waals surface area contributed by atoms with Crippen LogP contribution in [0.3, 0.4) is 0 Å². The van der Waals surface area contributed by atoms with Crippen LogP contribution in [0.2, 0.25) is 0 Å². The minimum atomic E-state index is 0.748. The van der Waals surface area contributed by atoms with Crippen LogP contribution in [0.15, 0.2) is 11.2 Å². The number of nitrogens with one attached hydrogen (secondary N) is 2. The van der Waals surface area contributed by atoms with Crippen molar-refractivity contribution in [2.24, 2.45) is 16.8 Å². The van der Waals surface area contributed by atoms with Gasteiger partial charge in [-0.1, -0.05) is 26.2 Å². The van der Waals surface area contributed by atoms with Crippen molar-refractivity contribution in [3.05, 3.63) is 16.1 Å². The maximum atomic E-state index is 4.36. The van der Waals surface area contributed by atoms with Crippen molar-refractivity contribution < 1.29 is 0 Å². The number of aryl methyl sites for hydroxylation is 1. The van der Waals surface area contributed by atoms with Crippen LogP contribution in [0.5, 0.6) is 0 Å². The molecule has 4 nitrogen and oxygen atoms in total. The summed E-state index contributed by atoms with van der Waals surface area (Å²) in [5.74, 6) is 2.50. The lowest BCUT2D eigenvalue weighted by molar-refractivity contribution is 0.256. The van der Waals surface area contributed by atoms with Crippen LogP contribution in [-0.4, -0.2) is 24.5 Å². The number of hydrogen-bond acceptors (Lipinski definition) is 3. The Morgan fingerprint density at radius 3 is 2.85 bits per heavy atom. The zero-order valence-corrected chi connectivity index (χ0v) is 13.6. The molecule has 1 fully saturated rings. The number of thiazole rings is 1. The lowest BCUT2D eigenvalue weighted by Gasteiger charge is -2.29. The van der Waals surface area contributed by atoms with E-state index in [0.717, 1.165) is 35.9 Å². The van der Waals surface area contributed by atoms with Crippen LogP contribution < -0.4 is 10.6 Å². The predicted octanol–water partition coefficient (Wildman–Crippen LogP) is 2.94. The minimum Gasteiger partial charge on any atom is -0.356 e. The first kappa shape index (κ1) is 15.3. The fraction of sp³-hybridized carbons (Fsp3) is 0.733. The molecule has 112 valence electrons. The molecule has 1 aliphatic rings. The van der Waals surface area contributed by atoms with E-state index >= 15 is 0 Å². The molecule has 5 heteroatoms. The predicted molar refractivity (Wildman–Crippen MR) is 86.2 cm³/mol. The van der Waals surface area contributed by atoms with Crippen molar-refractivity contribution in [3.63, 3.8) is 0 Å². The quantitative estimate of drug-likeness (QED) is 0.663. The highest BCUT2D eigenvalue weighted by molar-refractivity contribution is 7.11. The number of rotatable bonds is 4. The van der Waals surface area contributed by atoms with Gasteiger partial charge in [-0.2, -0.15) is 0 Å². The Labute approximate surface area is 126 Å². The third-order valence-electron chi connectivity index (χ3n) is 4.12.